The molecule has 0 spiro atoms. The van der Waals surface area contributed by atoms with E-state index in [1.165, 1.54) is 6.07 Å². The number of ether oxygens (including phenoxy) is 1. The summed E-state index contributed by atoms with van der Waals surface area (Å²) in [7, 11) is 0. The molecule has 0 aliphatic rings. The monoisotopic (exact) mass is 334 g/mol. The summed E-state index contributed by atoms with van der Waals surface area (Å²) in [4.78, 5) is 29.9. The van der Waals surface area contributed by atoms with Gasteiger partial charge in [-0.1, -0.05) is 15.9 Å². The zero-order valence-electron chi connectivity index (χ0n) is 10.6. The number of pyridine rings is 1. The molecule has 102 valence electrons. The van der Waals surface area contributed by atoms with Crippen molar-refractivity contribution in [3.63, 3.8) is 0 Å². The second-order valence-electron chi connectivity index (χ2n) is 4.33. The average Bonchev–Trinajstić information content (AvgIpc) is 2.77. The third-order valence-electron chi connectivity index (χ3n) is 3.04. The number of fused-ring (bicyclic) bond motifs is 3. The largest absolute Gasteiger partial charge is 0.461 e. The van der Waals surface area contributed by atoms with Gasteiger partial charge in [0.05, 0.1) is 12.1 Å². The first-order valence-electron chi connectivity index (χ1n) is 6.11. The van der Waals surface area contributed by atoms with Crippen molar-refractivity contribution in [2.75, 3.05) is 6.61 Å². The molecule has 0 fully saturated rings. The molecule has 1 aromatic carbocycles. The van der Waals surface area contributed by atoms with Crippen LogP contribution < -0.4 is 5.43 Å². The smallest absolute Gasteiger partial charge is 0.354 e. The number of H-pyrrole nitrogens is 2. The molecule has 3 aromatic rings. The Bertz CT molecular complexity index is 879. The molecule has 0 unspecified atom stereocenters. The van der Waals surface area contributed by atoms with E-state index in [0.29, 0.717) is 11.0 Å². The zero-order valence-corrected chi connectivity index (χ0v) is 12.2. The van der Waals surface area contributed by atoms with Gasteiger partial charge in [-0.3, -0.25) is 4.79 Å². The molecule has 0 saturated heterocycles. The van der Waals surface area contributed by atoms with Crippen molar-refractivity contribution >= 4 is 43.8 Å². The summed E-state index contributed by atoms with van der Waals surface area (Å²) < 4.78 is 5.82. The molecule has 0 aliphatic carbocycles. The Balaban J connectivity index is 2.32. The number of benzene rings is 1. The molecule has 2 aromatic heterocycles. The van der Waals surface area contributed by atoms with Gasteiger partial charge in [-0.25, -0.2) is 4.79 Å². The summed E-state index contributed by atoms with van der Waals surface area (Å²) in [6.07, 6.45) is 0. The summed E-state index contributed by atoms with van der Waals surface area (Å²) in [6, 6.07) is 6.89. The number of carbonyl (C=O) groups excluding carboxylic acids is 1. The molecular formula is C14H11BrN2O3. The van der Waals surface area contributed by atoms with E-state index in [-0.39, 0.29) is 17.7 Å². The number of hydrogen-bond acceptors (Lipinski definition) is 3. The Morgan fingerprint density at radius 2 is 2.05 bits per heavy atom. The maximum atomic E-state index is 12.1. The van der Waals surface area contributed by atoms with Crippen LogP contribution in [0.5, 0.6) is 0 Å². The van der Waals surface area contributed by atoms with E-state index < -0.39 is 5.97 Å². The van der Waals surface area contributed by atoms with Crippen LogP contribution in [0.1, 0.15) is 17.4 Å². The number of rotatable bonds is 2. The molecule has 20 heavy (non-hydrogen) atoms. The van der Waals surface area contributed by atoms with E-state index in [9.17, 15) is 9.59 Å². The zero-order chi connectivity index (χ0) is 14.3. The minimum Gasteiger partial charge on any atom is -0.461 e. The molecule has 2 N–H and O–H groups in total. The van der Waals surface area contributed by atoms with Gasteiger partial charge in [-0.15, -0.1) is 0 Å². The lowest BCUT2D eigenvalue weighted by Crippen LogP contribution is -2.12. The summed E-state index contributed by atoms with van der Waals surface area (Å²) in [5, 5.41) is 0.853. The summed E-state index contributed by atoms with van der Waals surface area (Å²) in [5.41, 5.74) is 1.81. The second kappa shape index (κ2) is 4.79. The van der Waals surface area contributed by atoms with Gasteiger partial charge in [0.15, 0.2) is 0 Å². The normalized spacial score (nSPS) is 11.1. The van der Waals surface area contributed by atoms with Gasteiger partial charge in [-0.2, -0.15) is 0 Å². The average molecular weight is 335 g/mol. The van der Waals surface area contributed by atoms with Gasteiger partial charge in [0.25, 0.3) is 0 Å². The SMILES string of the molecule is CCOC(=O)c1cc(=O)c2[nH]c3cc(Br)ccc3c2[nH]1. The number of aromatic amines is 2. The van der Waals surface area contributed by atoms with E-state index in [2.05, 4.69) is 25.9 Å². The van der Waals surface area contributed by atoms with Crippen molar-refractivity contribution in [1.29, 1.82) is 0 Å². The molecule has 3 rings (SSSR count). The topological polar surface area (TPSA) is 75.0 Å². The number of nitrogens with one attached hydrogen (secondary N) is 2. The molecule has 5 nitrogen and oxygen atoms in total. The van der Waals surface area contributed by atoms with Crippen molar-refractivity contribution in [1.82, 2.24) is 9.97 Å². The molecule has 0 bridgehead atoms. The fourth-order valence-corrected chi connectivity index (χ4v) is 2.54. The minimum absolute atomic E-state index is 0.160. The Kier molecular flexibility index (Phi) is 3.10. The molecule has 2 heterocycles. The minimum atomic E-state index is -0.530. The van der Waals surface area contributed by atoms with Crippen LogP contribution in [0, 0.1) is 0 Å². The van der Waals surface area contributed by atoms with Gasteiger partial charge < -0.3 is 14.7 Å². The Morgan fingerprint density at radius 3 is 2.80 bits per heavy atom. The number of esters is 1. The van der Waals surface area contributed by atoms with Crippen molar-refractivity contribution in [3.8, 4) is 0 Å². The third kappa shape index (κ3) is 2.02. The summed E-state index contributed by atoms with van der Waals surface area (Å²) in [6.45, 7) is 1.98. The van der Waals surface area contributed by atoms with E-state index in [1.807, 2.05) is 18.2 Å². The Morgan fingerprint density at radius 1 is 1.25 bits per heavy atom. The predicted octanol–water partition coefficient (Wildman–Crippen LogP) is 2.95. The fraction of sp³-hybridized carbons (Fsp3) is 0.143. The third-order valence-corrected chi connectivity index (χ3v) is 3.53. The standard InChI is InChI=1S/C14H11BrN2O3/c1-2-20-14(19)10-6-11(18)13-12(17-10)8-4-3-7(15)5-9(8)16-13/h3-6,16H,2H2,1H3,(H,17,18). The van der Waals surface area contributed by atoms with Gasteiger partial charge in [0.2, 0.25) is 5.43 Å². The van der Waals surface area contributed by atoms with Gasteiger partial charge in [0.1, 0.15) is 11.2 Å². The van der Waals surface area contributed by atoms with Crippen molar-refractivity contribution in [2.45, 2.75) is 6.92 Å². The number of aromatic nitrogens is 2. The molecule has 0 aliphatic heterocycles. The van der Waals surface area contributed by atoms with Crippen LogP contribution in [0.3, 0.4) is 0 Å². The highest BCUT2D eigenvalue weighted by atomic mass is 79.9. The molecule has 0 atom stereocenters. The van der Waals surface area contributed by atoms with Crippen LogP contribution in [-0.2, 0) is 4.74 Å². The van der Waals surface area contributed by atoms with Crippen LogP contribution >= 0.6 is 15.9 Å². The van der Waals surface area contributed by atoms with Crippen LogP contribution in [0.2, 0.25) is 0 Å². The first-order chi connectivity index (χ1) is 9.60. The van der Waals surface area contributed by atoms with Gasteiger partial charge in [0, 0.05) is 21.4 Å². The number of carbonyl (C=O) groups is 1. The van der Waals surface area contributed by atoms with E-state index >= 15 is 0 Å². The van der Waals surface area contributed by atoms with Crippen molar-refractivity contribution < 1.29 is 9.53 Å². The number of halogens is 1. The first kappa shape index (κ1) is 12.9. The van der Waals surface area contributed by atoms with Crippen LogP contribution in [0.4, 0.5) is 0 Å². The lowest BCUT2D eigenvalue weighted by atomic mass is 10.2. The number of hydrogen-bond donors (Lipinski definition) is 2. The lowest BCUT2D eigenvalue weighted by Gasteiger charge is -2.02. The van der Waals surface area contributed by atoms with Crippen molar-refractivity contribution in [2.24, 2.45) is 0 Å². The van der Waals surface area contributed by atoms with Crippen LogP contribution in [0.25, 0.3) is 21.9 Å². The van der Waals surface area contributed by atoms with E-state index in [1.54, 1.807) is 6.92 Å². The van der Waals surface area contributed by atoms with Gasteiger partial charge >= 0.3 is 5.97 Å². The van der Waals surface area contributed by atoms with E-state index in [0.717, 1.165) is 15.4 Å². The summed E-state index contributed by atoms with van der Waals surface area (Å²) >= 11 is 3.38. The lowest BCUT2D eigenvalue weighted by molar-refractivity contribution is 0.0520. The van der Waals surface area contributed by atoms with Crippen LogP contribution in [0.15, 0.2) is 33.5 Å². The quantitative estimate of drug-likeness (QED) is 0.707. The highest BCUT2D eigenvalue weighted by Crippen LogP contribution is 2.25. The molecular weight excluding hydrogens is 324 g/mol. The maximum Gasteiger partial charge on any atom is 0.354 e. The maximum absolute atomic E-state index is 12.1. The molecule has 0 saturated carbocycles. The van der Waals surface area contributed by atoms with Crippen molar-refractivity contribution in [3.05, 3.63) is 44.7 Å². The Labute approximate surface area is 122 Å². The molecule has 6 heteroatoms. The van der Waals surface area contributed by atoms with Crippen LogP contribution in [-0.4, -0.2) is 22.5 Å². The Hall–Kier alpha value is -2.08. The summed E-state index contributed by atoms with van der Waals surface area (Å²) in [5.74, 6) is -0.530. The predicted molar refractivity (Wildman–Crippen MR) is 80.1 cm³/mol. The highest BCUT2D eigenvalue weighted by Gasteiger charge is 2.14. The van der Waals surface area contributed by atoms with E-state index in [4.69, 9.17) is 4.74 Å². The van der Waals surface area contributed by atoms with Gasteiger partial charge in [-0.05, 0) is 25.1 Å². The molecule has 0 radical (unpaired) electrons. The fourth-order valence-electron chi connectivity index (χ4n) is 2.18. The molecule has 0 amide bonds. The second-order valence-corrected chi connectivity index (χ2v) is 5.25. The highest BCUT2D eigenvalue weighted by molar-refractivity contribution is 9.10. The first-order valence-corrected chi connectivity index (χ1v) is 6.91.